The van der Waals surface area contributed by atoms with Crippen molar-refractivity contribution >= 4 is 11.8 Å². The molecule has 0 spiro atoms. The number of rotatable bonds is 7. The van der Waals surface area contributed by atoms with Crippen LogP contribution >= 0.6 is 0 Å². The molecule has 2 amide bonds. The predicted molar refractivity (Wildman–Crippen MR) is 79.7 cm³/mol. The van der Waals surface area contributed by atoms with E-state index in [0.29, 0.717) is 12.1 Å². The molecule has 0 aliphatic rings. The van der Waals surface area contributed by atoms with Crippen LogP contribution in [-0.2, 0) is 4.79 Å². The van der Waals surface area contributed by atoms with Gasteiger partial charge in [0, 0.05) is 12.1 Å². The molecule has 1 rings (SSSR count). The van der Waals surface area contributed by atoms with Gasteiger partial charge in [-0.25, -0.2) is 0 Å². The Bertz CT molecular complexity index is 441. The normalized spacial score (nSPS) is 10.4. The van der Waals surface area contributed by atoms with E-state index in [4.69, 9.17) is 0 Å². The van der Waals surface area contributed by atoms with Gasteiger partial charge in [0.15, 0.2) is 0 Å². The first-order valence-corrected chi connectivity index (χ1v) is 6.75. The molecule has 1 aromatic rings. The van der Waals surface area contributed by atoms with Crippen LogP contribution in [-0.4, -0.2) is 50.4 Å². The topological polar surface area (TPSA) is 61.4 Å². The fraction of sp³-hybridized carbons (Fsp3) is 0.467. The lowest BCUT2D eigenvalue weighted by Crippen LogP contribution is -2.37. The smallest absolute Gasteiger partial charge is 0.251 e. The largest absolute Gasteiger partial charge is 0.355 e. The molecular formula is C15H23N3O2. The van der Waals surface area contributed by atoms with Gasteiger partial charge < -0.3 is 15.5 Å². The summed E-state index contributed by atoms with van der Waals surface area (Å²) >= 11 is 0. The van der Waals surface area contributed by atoms with Crippen LogP contribution < -0.4 is 10.6 Å². The van der Waals surface area contributed by atoms with E-state index < -0.39 is 0 Å². The maximum atomic E-state index is 11.8. The zero-order valence-electron chi connectivity index (χ0n) is 12.4. The Morgan fingerprint density at radius 3 is 2.35 bits per heavy atom. The standard InChI is InChI=1S/C15H23N3O2/c1-12-5-7-13(8-6-12)15(20)17-11-14(19)16-9-4-10-18(2)3/h5-8H,4,9-11H2,1-3H3,(H,16,19)(H,17,20). The second-order valence-electron chi connectivity index (χ2n) is 5.06. The van der Waals surface area contributed by atoms with Crippen molar-refractivity contribution in [3.8, 4) is 0 Å². The van der Waals surface area contributed by atoms with Crippen molar-refractivity contribution in [2.45, 2.75) is 13.3 Å². The van der Waals surface area contributed by atoms with Gasteiger partial charge in [-0.3, -0.25) is 9.59 Å². The van der Waals surface area contributed by atoms with Gasteiger partial charge in [-0.15, -0.1) is 0 Å². The first-order valence-electron chi connectivity index (χ1n) is 6.75. The fourth-order valence-electron chi connectivity index (χ4n) is 1.65. The third-order valence-corrected chi connectivity index (χ3v) is 2.83. The van der Waals surface area contributed by atoms with Gasteiger partial charge in [0.2, 0.25) is 5.91 Å². The average Bonchev–Trinajstić information content (AvgIpc) is 2.41. The molecule has 0 aromatic heterocycles. The molecule has 0 bridgehead atoms. The Balaban J connectivity index is 2.23. The molecule has 0 radical (unpaired) electrons. The zero-order valence-corrected chi connectivity index (χ0v) is 12.4. The van der Waals surface area contributed by atoms with Gasteiger partial charge in [-0.1, -0.05) is 17.7 Å². The summed E-state index contributed by atoms with van der Waals surface area (Å²) in [6, 6.07) is 7.24. The molecule has 0 heterocycles. The first-order chi connectivity index (χ1) is 9.49. The van der Waals surface area contributed by atoms with E-state index in [1.807, 2.05) is 33.2 Å². The number of benzene rings is 1. The number of hydrogen-bond donors (Lipinski definition) is 2. The molecule has 5 heteroatoms. The maximum absolute atomic E-state index is 11.8. The molecule has 0 saturated carbocycles. The molecule has 5 nitrogen and oxygen atoms in total. The van der Waals surface area contributed by atoms with E-state index in [1.165, 1.54) is 0 Å². The highest BCUT2D eigenvalue weighted by Gasteiger charge is 2.07. The second kappa shape index (κ2) is 8.32. The molecule has 0 fully saturated rings. The van der Waals surface area contributed by atoms with Crippen LogP contribution in [0.4, 0.5) is 0 Å². The summed E-state index contributed by atoms with van der Waals surface area (Å²) in [5.41, 5.74) is 1.66. The summed E-state index contributed by atoms with van der Waals surface area (Å²) < 4.78 is 0. The first kappa shape index (κ1) is 16.2. The molecule has 0 aliphatic heterocycles. The Morgan fingerprint density at radius 2 is 1.75 bits per heavy atom. The summed E-state index contributed by atoms with van der Waals surface area (Å²) in [6.07, 6.45) is 0.894. The van der Waals surface area contributed by atoms with Gasteiger partial charge in [-0.2, -0.15) is 0 Å². The number of aryl methyl sites for hydroxylation is 1. The van der Waals surface area contributed by atoms with E-state index in [1.54, 1.807) is 12.1 Å². The number of carbonyl (C=O) groups is 2. The lowest BCUT2D eigenvalue weighted by atomic mass is 10.1. The Morgan fingerprint density at radius 1 is 1.10 bits per heavy atom. The van der Waals surface area contributed by atoms with Crippen molar-refractivity contribution in [2.24, 2.45) is 0 Å². The Hall–Kier alpha value is -1.88. The molecule has 110 valence electrons. The lowest BCUT2D eigenvalue weighted by molar-refractivity contribution is -0.120. The molecule has 0 atom stereocenters. The van der Waals surface area contributed by atoms with E-state index in [0.717, 1.165) is 18.5 Å². The number of nitrogens with zero attached hydrogens (tertiary/aromatic N) is 1. The monoisotopic (exact) mass is 277 g/mol. The van der Waals surface area contributed by atoms with Gasteiger partial charge >= 0.3 is 0 Å². The molecule has 2 N–H and O–H groups in total. The van der Waals surface area contributed by atoms with Crippen LogP contribution in [0, 0.1) is 6.92 Å². The Labute approximate surface area is 120 Å². The lowest BCUT2D eigenvalue weighted by Gasteiger charge is -2.10. The molecular weight excluding hydrogens is 254 g/mol. The Kier molecular flexibility index (Phi) is 6.73. The fourth-order valence-corrected chi connectivity index (χ4v) is 1.65. The van der Waals surface area contributed by atoms with Crippen molar-refractivity contribution in [1.29, 1.82) is 0 Å². The summed E-state index contributed by atoms with van der Waals surface area (Å²) in [5, 5.41) is 5.38. The van der Waals surface area contributed by atoms with Crippen molar-refractivity contribution in [1.82, 2.24) is 15.5 Å². The molecule has 0 aliphatic carbocycles. The van der Waals surface area contributed by atoms with Crippen LogP contribution in [0.1, 0.15) is 22.3 Å². The van der Waals surface area contributed by atoms with Gasteiger partial charge in [0.1, 0.15) is 0 Å². The molecule has 1 aromatic carbocycles. The third kappa shape index (κ3) is 6.33. The number of hydrogen-bond acceptors (Lipinski definition) is 3. The number of amides is 2. The van der Waals surface area contributed by atoms with Gasteiger partial charge in [0.05, 0.1) is 6.54 Å². The minimum Gasteiger partial charge on any atom is -0.355 e. The van der Waals surface area contributed by atoms with E-state index in [9.17, 15) is 9.59 Å². The summed E-state index contributed by atoms with van der Waals surface area (Å²) in [5.74, 6) is -0.391. The van der Waals surface area contributed by atoms with E-state index >= 15 is 0 Å². The van der Waals surface area contributed by atoms with Crippen LogP contribution in [0.15, 0.2) is 24.3 Å². The maximum Gasteiger partial charge on any atom is 0.251 e. The van der Waals surface area contributed by atoms with Gasteiger partial charge in [-0.05, 0) is 46.1 Å². The van der Waals surface area contributed by atoms with E-state index in [-0.39, 0.29) is 18.4 Å². The van der Waals surface area contributed by atoms with Crippen molar-refractivity contribution in [3.63, 3.8) is 0 Å². The average molecular weight is 277 g/mol. The highest BCUT2D eigenvalue weighted by molar-refractivity contribution is 5.96. The highest BCUT2D eigenvalue weighted by atomic mass is 16.2. The minimum absolute atomic E-state index is 0.00861. The van der Waals surface area contributed by atoms with Crippen LogP contribution in [0.25, 0.3) is 0 Å². The molecule has 20 heavy (non-hydrogen) atoms. The van der Waals surface area contributed by atoms with Crippen LogP contribution in [0.2, 0.25) is 0 Å². The van der Waals surface area contributed by atoms with Crippen molar-refractivity contribution < 1.29 is 9.59 Å². The second-order valence-corrected chi connectivity index (χ2v) is 5.06. The number of carbonyl (C=O) groups excluding carboxylic acids is 2. The van der Waals surface area contributed by atoms with Crippen LogP contribution in [0.5, 0.6) is 0 Å². The number of nitrogens with one attached hydrogen (secondary N) is 2. The van der Waals surface area contributed by atoms with Crippen molar-refractivity contribution in [2.75, 3.05) is 33.7 Å². The van der Waals surface area contributed by atoms with Crippen LogP contribution in [0.3, 0.4) is 0 Å². The highest BCUT2D eigenvalue weighted by Crippen LogP contribution is 2.02. The van der Waals surface area contributed by atoms with Crippen molar-refractivity contribution in [3.05, 3.63) is 35.4 Å². The summed E-state index contributed by atoms with van der Waals surface area (Å²) in [7, 11) is 3.98. The molecule has 0 unspecified atom stereocenters. The zero-order chi connectivity index (χ0) is 15.0. The van der Waals surface area contributed by atoms with Gasteiger partial charge in [0.25, 0.3) is 5.91 Å². The minimum atomic E-state index is -0.228. The summed E-state index contributed by atoms with van der Waals surface area (Å²) in [6.45, 7) is 3.52. The SMILES string of the molecule is Cc1ccc(C(=O)NCC(=O)NCCCN(C)C)cc1. The third-order valence-electron chi connectivity index (χ3n) is 2.83. The van der Waals surface area contributed by atoms with E-state index in [2.05, 4.69) is 15.5 Å². The quantitative estimate of drug-likeness (QED) is 0.725. The predicted octanol–water partition coefficient (Wildman–Crippen LogP) is 0.793. The molecule has 0 saturated heterocycles. The summed E-state index contributed by atoms with van der Waals surface area (Å²) in [4.78, 5) is 25.4.